The van der Waals surface area contributed by atoms with Gasteiger partial charge in [0.1, 0.15) is 24.2 Å². The lowest BCUT2D eigenvalue weighted by Gasteiger charge is -2.26. The van der Waals surface area contributed by atoms with E-state index in [-0.39, 0.29) is 37.7 Å². The maximum atomic E-state index is 13.1. The zero-order chi connectivity index (χ0) is 34.1. The highest BCUT2D eigenvalue weighted by molar-refractivity contribution is 5.96. The molecular formula is C26H45N9O10. The van der Waals surface area contributed by atoms with Gasteiger partial charge in [-0.15, -0.1) is 0 Å². The lowest BCUT2D eigenvalue weighted by Crippen LogP contribution is -2.59. The summed E-state index contributed by atoms with van der Waals surface area (Å²) < 4.78 is 0. The summed E-state index contributed by atoms with van der Waals surface area (Å²) in [7, 11) is 0. The molecule has 0 unspecified atom stereocenters. The van der Waals surface area contributed by atoms with Crippen LogP contribution in [0, 0.1) is 5.92 Å². The first-order valence-electron chi connectivity index (χ1n) is 14.5. The first-order valence-corrected chi connectivity index (χ1v) is 14.5. The number of guanidine groups is 1. The number of carbonyl (C=O) groups excluding carboxylic acids is 5. The van der Waals surface area contributed by atoms with Crippen LogP contribution in [-0.4, -0.2) is 119 Å². The van der Waals surface area contributed by atoms with Crippen LogP contribution in [-0.2, 0) is 33.6 Å². The van der Waals surface area contributed by atoms with Gasteiger partial charge in [0.05, 0.1) is 25.6 Å². The first-order chi connectivity index (χ1) is 21.1. The van der Waals surface area contributed by atoms with Crippen LogP contribution < -0.4 is 43.4 Å². The molecule has 1 aliphatic heterocycles. The van der Waals surface area contributed by atoms with Crippen molar-refractivity contribution in [2.24, 2.45) is 22.4 Å². The van der Waals surface area contributed by atoms with Gasteiger partial charge in [-0.2, -0.15) is 0 Å². The Labute approximate surface area is 259 Å². The second-order valence-corrected chi connectivity index (χ2v) is 10.9. The van der Waals surface area contributed by atoms with E-state index in [0.717, 1.165) is 6.42 Å². The number of nitrogens with one attached hydrogen (secondary N) is 6. The Morgan fingerprint density at radius 1 is 0.889 bits per heavy atom. The summed E-state index contributed by atoms with van der Waals surface area (Å²) in [6, 6.07) is -6.40. The van der Waals surface area contributed by atoms with E-state index in [1.54, 1.807) is 13.8 Å². The van der Waals surface area contributed by atoms with Crippen molar-refractivity contribution in [1.29, 1.82) is 0 Å². The Hall–Kier alpha value is -4.52. The van der Waals surface area contributed by atoms with Gasteiger partial charge in [-0.3, -0.25) is 33.8 Å². The normalized spacial score (nSPS) is 16.8. The van der Waals surface area contributed by atoms with Crippen molar-refractivity contribution >= 4 is 47.4 Å². The van der Waals surface area contributed by atoms with Crippen molar-refractivity contribution in [3.63, 3.8) is 0 Å². The Morgan fingerprint density at radius 2 is 1.49 bits per heavy atom. The molecule has 1 rings (SSSR count). The molecule has 0 radical (unpaired) electrons. The third-order valence-electron chi connectivity index (χ3n) is 6.55. The number of aliphatic imine (C=N–C) groups is 1. The lowest BCUT2D eigenvalue weighted by molar-refractivity contribution is -0.142. The maximum Gasteiger partial charge on any atom is 0.326 e. The second-order valence-electron chi connectivity index (χ2n) is 10.9. The number of rotatable bonds is 20. The molecule has 0 spiro atoms. The van der Waals surface area contributed by atoms with Crippen LogP contribution in [0.3, 0.4) is 0 Å². The molecule has 5 amide bonds. The number of hydrogen-bond donors (Lipinski definition) is 11. The molecular weight excluding hydrogens is 598 g/mol. The molecule has 0 aliphatic carbocycles. The van der Waals surface area contributed by atoms with E-state index in [9.17, 15) is 48.9 Å². The van der Waals surface area contributed by atoms with Crippen LogP contribution in [0.4, 0.5) is 0 Å². The molecule has 0 aromatic rings. The van der Waals surface area contributed by atoms with E-state index in [4.69, 9.17) is 11.5 Å². The molecule has 19 heteroatoms. The fraction of sp³-hybridized carbons (Fsp3) is 0.692. The summed E-state index contributed by atoms with van der Waals surface area (Å²) >= 11 is 0. The predicted octanol–water partition coefficient (Wildman–Crippen LogP) is -4.55. The van der Waals surface area contributed by atoms with E-state index >= 15 is 0 Å². The van der Waals surface area contributed by atoms with E-state index in [1.807, 2.05) is 0 Å². The van der Waals surface area contributed by atoms with Crippen LogP contribution in [0.5, 0.6) is 0 Å². The molecule has 1 saturated heterocycles. The molecule has 13 N–H and O–H groups in total. The number of nitrogens with two attached hydrogens (primary N) is 2. The Balaban J connectivity index is 2.89. The Morgan fingerprint density at radius 3 is 2.02 bits per heavy atom. The van der Waals surface area contributed by atoms with E-state index in [1.165, 1.54) is 0 Å². The van der Waals surface area contributed by atoms with Gasteiger partial charge in [-0.25, -0.2) is 4.79 Å². The topological polar surface area (TPSA) is 317 Å². The van der Waals surface area contributed by atoms with Crippen molar-refractivity contribution in [3.8, 4) is 0 Å². The minimum atomic E-state index is -1.62. The number of hydrogen-bond acceptors (Lipinski definition) is 10. The molecule has 0 aromatic carbocycles. The van der Waals surface area contributed by atoms with Gasteiger partial charge in [-0.1, -0.05) is 13.8 Å². The number of aliphatic hydroxyl groups is 1. The standard InChI is InChI=1S/C26H45N9O10/c1-13(2)9-16(22(41)35-18(12-36)24(43)33-15(25(44)45)6-4-8-30-26(27)28)34-23(42)17(10-20(38)39)32-19(37)11-31-21(40)14-5-3-7-29-14/h13-18,29,36H,3-12H2,1-2H3,(H,31,40)(H,32,37)(H,33,43)(H,34,42)(H,35,41)(H,38,39)(H,44,45)(H4,27,28,30)/t14-,15-,16-,17-,18-/m0/s1. The van der Waals surface area contributed by atoms with Gasteiger partial charge in [0.2, 0.25) is 29.5 Å². The molecule has 0 aromatic heterocycles. The molecule has 254 valence electrons. The zero-order valence-electron chi connectivity index (χ0n) is 25.3. The van der Waals surface area contributed by atoms with Gasteiger partial charge in [-0.05, 0) is 44.6 Å². The number of carbonyl (C=O) groups is 7. The second kappa shape index (κ2) is 19.7. The molecule has 0 bridgehead atoms. The van der Waals surface area contributed by atoms with E-state index in [0.29, 0.717) is 13.0 Å². The average Bonchev–Trinajstić information content (AvgIpc) is 3.49. The summed E-state index contributed by atoms with van der Waals surface area (Å²) in [5.41, 5.74) is 10.5. The van der Waals surface area contributed by atoms with Gasteiger partial charge in [0, 0.05) is 6.54 Å². The SMILES string of the molecule is CC(C)C[C@H](NC(=O)[C@H](CC(=O)O)NC(=O)CNC(=O)[C@@H]1CCCN1)C(=O)N[C@@H](CO)C(=O)N[C@@H](CCCN=C(N)N)C(=O)O. The summed E-state index contributed by atoms with van der Waals surface area (Å²) in [4.78, 5) is 90.2. The molecule has 1 fully saturated rings. The fourth-order valence-corrected chi connectivity index (χ4v) is 4.30. The third kappa shape index (κ3) is 15.2. The lowest BCUT2D eigenvalue weighted by atomic mass is 10.0. The maximum absolute atomic E-state index is 13.1. The zero-order valence-corrected chi connectivity index (χ0v) is 25.3. The van der Waals surface area contributed by atoms with Gasteiger partial charge < -0.3 is 58.7 Å². The third-order valence-corrected chi connectivity index (χ3v) is 6.55. The summed E-state index contributed by atoms with van der Waals surface area (Å²) in [5, 5.41) is 43.0. The van der Waals surface area contributed by atoms with E-state index < -0.39 is 91.3 Å². The monoisotopic (exact) mass is 643 g/mol. The van der Waals surface area contributed by atoms with Crippen LogP contribution in [0.1, 0.15) is 52.4 Å². The molecule has 45 heavy (non-hydrogen) atoms. The van der Waals surface area contributed by atoms with Gasteiger partial charge in [0.15, 0.2) is 5.96 Å². The summed E-state index contributed by atoms with van der Waals surface area (Å²) in [6.07, 6.45) is 0.700. The molecule has 1 aliphatic rings. The van der Waals surface area contributed by atoms with Crippen LogP contribution >= 0.6 is 0 Å². The number of carboxylic acids is 2. The fourth-order valence-electron chi connectivity index (χ4n) is 4.30. The highest BCUT2D eigenvalue weighted by Gasteiger charge is 2.32. The first kappa shape index (κ1) is 38.5. The highest BCUT2D eigenvalue weighted by atomic mass is 16.4. The summed E-state index contributed by atoms with van der Waals surface area (Å²) in [5.74, 6) is -7.40. The Bertz CT molecular complexity index is 1090. The number of aliphatic hydroxyl groups excluding tert-OH is 1. The Kier molecular flexibility index (Phi) is 16.9. The highest BCUT2D eigenvalue weighted by Crippen LogP contribution is 2.08. The molecule has 19 nitrogen and oxygen atoms in total. The van der Waals surface area contributed by atoms with Crippen molar-refractivity contribution in [2.45, 2.75) is 82.6 Å². The van der Waals surface area contributed by atoms with E-state index in [2.05, 4.69) is 36.9 Å². The van der Waals surface area contributed by atoms with Crippen molar-refractivity contribution < 1.29 is 48.9 Å². The number of amides is 5. The molecule has 0 saturated carbocycles. The van der Waals surface area contributed by atoms with Gasteiger partial charge >= 0.3 is 11.9 Å². The van der Waals surface area contributed by atoms with Gasteiger partial charge in [0.25, 0.3) is 0 Å². The average molecular weight is 644 g/mol. The quantitative estimate of drug-likeness (QED) is 0.0339. The van der Waals surface area contributed by atoms with Crippen LogP contribution in [0.15, 0.2) is 4.99 Å². The number of aliphatic carboxylic acids is 2. The smallest absolute Gasteiger partial charge is 0.326 e. The van der Waals surface area contributed by atoms with Crippen LogP contribution in [0.2, 0.25) is 0 Å². The molecule has 1 heterocycles. The largest absolute Gasteiger partial charge is 0.481 e. The minimum Gasteiger partial charge on any atom is -0.481 e. The number of nitrogens with zero attached hydrogens (tertiary/aromatic N) is 1. The van der Waals surface area contributed by atoms with Crippen LogP contribution in [0.25, 0.3) is 0 Å². The predicted molar refractivity (Wildman–Crippen MR) is 158 cm³/mol. The minimum absolute atomic E-state index is 0.0120. The summed E-state index contributed by atoms with van der Waals surface area (Å²) in [6.45, 7) is 2.77. The molecule has 5 atom stereocenters. The van der Waals surface area contributed by atoms with Crippen molar-refractivity contribution in [3.05, 3.63) is 0 Å². The number of carboxylic acid groups (broad SMARTS) is 2. The van der Waals surface area contributed by atoms with Crippen molar-refractivity contribution in [1.82, 2.24) is 31.9 Å². The van der Waals surface area contributed by atoms with Crippen molar-refractivity contribution in [2.75, 3.05) is 26.2 Å².